The van der Waals surface area contributed by atoms with E-state index in [9.17, 15) is 9.59 Å². The van der Waals surface area contributed by atoms with Gasteiger partial charge in [0.25, 0.3) is 0 Å². The van der Waals surface area contributed by atoms with Crippen molar-refractivity contribution in [1.82, 2.24) is 0 Å². The van der Waals surface area contributed by atoms with Crippen molar-refractivity contribution in [3.63, 3.8) is 0 Å². The van der Waals surface area contributed by atoms with Gasteiger partial charge in [-0.3, -0.25) is 9.59 Å². The zero-order chi connectivity index (χ0) is 18.5. The van der Waals surface area contributed by atoms with E-state index in [1.165, 1.54) is 7.11 Å². The van der Waals surface area contributed by atoms with Gasteiger partial charge in [0.05, 0.1) is 12.8 Å². The number of carbonyl (C=O) groups is 2. The molecule has 7 heteroatoms. The summed E-state index contributed by atoms with van der Waals surface area (Å²) in [5.74, 6) is 1.24. The maximum absolute atomic E-state index is 12.3. The average molecular weight is 376 g/mol. The minimum Gasteiger partial charge on any atom is -0.495 e. The van der Waals surface area contributed by atoms with E-state index in [0.29, 0.717) is 46.7 Å². The van der Waals surface area contributed by atoms with E-state index in [1.807, 2.05) is 0 Å². The van der Waals surface area contributed by atoms with E-state index in [1.54, 1.807) is 36.4 Å². The Bertz CT molecular complexity index is 837. The summed E-state index contributed by atoms with van der Waals surface area (Å²) in [4.78, 5) is 24.5. The number of carbonyl (C=O) groups excluding carboxylic acids is 2. The number of ketones is 1. The molecule has 26 heavy (non-hydrogen) atoms. The lowest BCUT2D eigenvalue weighted by Crippen LogP contribution is -2.16. The van der Waals surface area contributed by atoms with Crippen molar-refractivity contribution in [2.75, 3.05) is 25.6 Å². The van der Waals surface area contributed by atoms with Crippen molar-refractivity contribution in [2.45, 2.75) is 12.8 Å². The first-order valence-corrected chi connectivity index (χ1v) is 8.51. The summed E-state index contributed by atoms with van der Waals surface area (Å²) >= 11 is 5.94. The molecule has 0 saturated heterocycles. The Hall–Kier alpha value is -2.73. The zero-order valence-electron chi connectivity index (χ0n) is 14.2. The van der Waals surface area contributed by atoms with E-state index >= 15 is 0 Å². The van der Waals surface area contributed by atoms with E-state index < -0.39 is 0 Å². The van der Waals surface area contributed by atoms with Crippen LogP contribution in [-0.2, 0) is 4.79 Å². The van der Waals surface area contributed by atoms with Gasteiger partial charge >= 0.3 is 0 Å². The maximum Gasteiger partial charge on any atom is 0.224 e. The van der Waals surface area contributed by atoms with Crippen molar-refractivity contribution < 1.29 is 23.8 Å². The van der Waals surface area contributed by atoms with Crippen molar-refractivity contribution in [3.05, 3.63) is 47.0 Å². The molecule has 0 aromatic heterocycles. The summed E-state index contributed by atoms with van der Waals surface area (Å²) in [7, 11) is 1.50. The SMILES string of the molecule is COc1ccc(Cl)cc1NC(=O)CCC(=O)c1ccc2c(c1)OCCO2. The first-order valence-electron chi connectivity index (χ1n) is 8.13. The molecule has 0 spiro atoms. The molecule has 0 radical (unpaired) electrons. The molecule has 1 amide bonds. The number of ether oxygens (including phenoxy) is 3. The minimum absolute atomic E-state index is 0.0446. The molecule has 1 heterocycles. The first-order chi connectivity index (χ1) is 12.6. The normalized spacial score (nSPS) is 12.4. The predicted molar refractivity (Wildman–Crippen MR) is 97.6 cm³/mol. The number of Topliss-reactive ketones (excluding diaryl/α,β-unsaturated/α-hetero) is 1. The van der Waals surface area contributed by atoms with Crippen LogP contribution in [0.1, 0.15) is 23.2 Å². The number of fused-ring (bicyclic) bond motifs is 1. The molecule has 0 fully saturated rings. The molecule has 1 aliphatic heterocycles. The van der Waals surface area contributed by atoms with Crippen molar-refractivity contribution in [1.29, 1.82) is 0 Å². The van der Waals surface area contributed by atoms with Gasteiger partial charge in [-0.05, 0) is 36.4 Å². The summed E-state index contributed by atoms with van der Waals surface area (Å²) in [5, 5.41) is 3.19. The van der Waals surface area contributed by atoms with Crippen LogP contribution >= 0.6 is 11.6 Å². The van der Waals surface area contributed by atoms with Gasteiger partial charge in [-0.2, -0.15) is 0 Å². The Balaban J connectivity index is 1.59. The van der Waals surface area contributed by atoms with Crippen LogP contribution in [0.5, 0.6) is 17.2 Å². The molecule has 3 rings (SSSR count). The van der Waals surface area contributed by atoms with Gasteiger partial charge in [0.15, 0.2) is 17.3 Å². The van der Waals surface area contributed by atoms with Crippen LogP contribution in [0, 0.1) is 0 Å². The Morgan fingerprint density at radius 2 is 1.85 bits per heavy atom. The predicted octanol–water partition coefficient (Wildman–Crippen LogP) is 3.72. The standard InChI is InChI=1S/C19H18ClNO5/c1-24-16-6-3-13(20)11-14(16)21-19(23)7-4-15(22)12-2-5-17-18(10-12)26-9-8-25-17/h2-3,5-6,10-11H,4,7-9H2,1H3,(H,21,23). The third-order valence-electron chi connectivity index (χ3n) is 3.88. The number of hydrogen-bond donors (Lipinski definition) is 1. The third kappa shape index (κ3) is 4.26. The highest BCUT2D eigenvalue weighted by molar-refractivity contribution is 6.31. The smallest absolute Gasteiger partial charge is 0.224 e. The van der Waals surface area contributed by atoms with Crippen LogP contribution in [0.25, 0.3) is 0 Å². The maximum atomic E-state index is 12.3. The van der Waals surface area contributed by atoms with Crippen LogP contribution in [0.15, 0.2) is 36.4 Å². The van der Waals surface area contributed by atoms with Crippen molar-refractivity contribution in [3.8, 4) is 17.2 Å². The monoisotopic (exact) mass is 375 g/mol. The van der Waals surface area contributed by atoms with Crippen LogP contribution in [0.4, 0.5) is 5.69 Å². The van der Waals surface area contributed by atoms with Gasteiger partial charge < -0.3 is 19.5 Å². The molecule has 0 unspecified atom stereocenters. The highest BCUT2D eigenvalue weighted by Crippen LogP contribution is 2.31. The fraction of sp³-hybridized carbons (Fsp3) is 0.263. The lowest BCUT2D eigenvalue weighted by molar-refractivity contribution is -0.116. The van der Waals surface area contributed by atoms with Gasteiger partial charge in [-0.25, -0.2) is 0 Å². The second-order valence-electron chi connectivity index (χ2n) is 5.67. The van der Waals surface area contributed by atoms with Crippen LogP contribution in [0.2, 0.25) is 5.02 Å². The molecular formula is C19H18ClNO5. The summed E-state index contributed by atoms with van der Waals surface area (Å²) in [6, 6.07) is 9.96. The fourth-order valence-corrected chi connectivity index (χ4v) is 2.75. The second-order valence-corrected chi connectivity index (χ2v) is 6.11. The summed E-state index contributed by atoms with van der Waals surface area (Å²) in [5.41, 5.74) is 0.958. The molecule has 136 valence electrons. The number of methoxy groups -OCH3 is 1. The number of benzene rings is 2. The highest BCUT2D eigenvalue weighted by atomic mass is 35.5. The number of hydrogen-bond acceptors (Lipinski definition) is 5. The molecule has 2 aromatic carbocycles. The molecule has 2 aromatic rings. The Morgan fingerprint density at radius 1 is 1.08 bits per heavy atom. The molecule has 0 bridgehead atoms. The van der Waals surface area contributed by atoms with Gasteiger partial charge in [0.1, 0.15) is 19.0 Å². The molecule has 0 aliphatic carbocycles. The Kier molecular flexibility index (Phi) is 5.63. The average Bonchev–Trinajstić information content (AvgIpc) is 2.66. The zero-order valence-corrected chi connectivity index (χ0v) is 15.0. The Labute approximate surface area is 156 Å². The van der Waals surface area contributed by atoms with Crippen LogP contribution < -0.4 is 19.5 Å². The minimum atomic E-state index is -0.295. The Morgan fingerprint density at radius 3 is 2.62 bits per heavy atom. The van der Waals surface area contributed by atoms with E-state index in [4.69, 9.17) is 25.8 Å². The van der Waals surface area contributed by atoms with Gasteiger partial charge in [-0.1, -0.05) is 11.6 Å². The molecule has 0 saturated carbocycles. The van der Waals surface area contributed by atoms with E-state index in [0.717, 1.165) is 0 Å². The molecule has 6 nitrogen and oxygen atoms in total. The number of amides is 1. The van der Waals surface area contributed by atoms with E-state index in [2.05, 4.69) is 5.32 Å². The largest absolute Gasteiger partial charge is 0.495 e. The molecule has 1 N–H and O–H groups in total. The topological polar surface area (TPSA) is 73.9 Å². The van der Waals surface area contributed by atoms with Gasteiger partial charge in [-0.15, -0.1) is 0 Å². The van der Waals surface area contributed by atoms with Crippen molar-refractivity contribution >= 4 is 29.0 Å². The lowest BCUT2D eigenvalue weighted by atomic mass is 10.1. The molecule has 0 atom stereocenters. The first kappa shape index (κ1) is 18.1. The van der Waals surface area contributed by atoms with E-state index in [-0.39, 0.29) is 24.5 Å². The lowest BCUT2D eigenvalue weighted by Gasteiger charge is -2.18. The number of nitrogens with one attached hydrogen (secondary N) is 1. The number of halogens is 1. The summed E-state index contributed by atoms with van der Waals surface area (Å²) in [6.45, 7) is 0.946. The van der Waals surface area contributed by atoms with Crippen LogP contribution in [0.3, 0.4) is 0 Å². The highest BCUT2D eigenvalue weighted by Gasteiger charge is 2.16. The van der Waals surface area contributed by atoms with Crippen LogP contribution in [-0.4, -0.2) is 32.0 Å². The van der Waals surface area contributed by atoms with Crippen molar-refractivity contribution in [2.24, 2.45) is 0 Å². The number of rotatable bonds is 6. The van der Waals surface area contributed by atoms with Gasteiger partial charge in [0.2, 0.25) is 5.91 Å². The fourth-order valence-electron chi connectivity index (χ4n) is 2.58. The molecular weight excluding hydrogens is 358 g/mol. The molecule has 1 aliphatic rings. The second kappa shape index (κ2) is 8.10. The van der Waals surface area contributed by atoms with Gasteiger partial charge in [0, 0.05) is 23.4 Å². The summed E-state index contributed by atoms with van der Waals surface area (Å²) in [6.07, 6.45) is 0.122. The summed E-state index contributed by atoms with van der Waals surface area (Å²) < 4.78 is 16.1. The third-order valence-corrected chi connectivity index (χ3v) is 4.11. The quantitative estimate of drug-likeness (QED) is 0.779. The number of anilines is 1.